The first-order valence-corrected chi connectivity index (χ1v) is 28.4. The number of hydrogen-bond acceptors (Lipinski definition) is 15. The van der Waals surface area contributed by atoms with Crippen LogP contribution in [-0.2, 0) is 9.59 Å². The lowest BCUT2D eigenvalue weighted by Gasteiger charge is -2.25. The second-order valence-electron chi connectivity index (χ2n) is 20.8. The van der Waals surface area contributed by atoms with Crippen molar-refractivity contribution >= 4 is 17.5 Å². The van der Waals surface area contributed by atoms with Crippen molar-refractivity contribution in [3.8, 4) is 0 Å². The number of hydrogen-bond donors (Lipinski definition) is 14. The van der Waals surface area contributed by atoms with E-state index in [1.807, 2.05) is 80.7 Å². The van der Waals surface area contributed by atoms with E-state index in [1.54, 1.807) is 68.5 Å². The molecule has 0 aliphatic rings. The molecule has 81 heavy (non-hydrogen) atoms. The van der Waals surface area contributed by atoms with Gasteiger partial charge in [0.1, 0.15) is 5.78 Å². The van der Waals surface area contributed by atoms with Crippen LogP contribution in [0.15, 0.2) is 162 Å². The summed E-state index contributed by atoms with van der Waals surface area (Å²) in [5.74, 6) is -1.59. The summed E-state index contributed by atoms with van der Waals surface area (Å²) in [6.07, 6.45) is 35.1. The number of aliphatic hydroxyl groups excluding tert-OH is 12. The zero-order chi connectivity index (χ0) is 61.0. The molecule has 16 N–H and O–H groups in total. The highest BCUT2D eigenvalue weighted by atomic mass is 16.3. The van der Waals surface area contributed by atoms with Gasteiger partial charge in [-0.3, -0.25) is 14.6 Å². The van der Waals surface area contributed by atoms with Crippen LogP contribution in [0, 0.1) is 17.8 Å². The van der Waals surface area contributed by atoms with Gasteiger partial charge in [-0.15, -0.1) is 0 Å². The van der Waals surface area contributed by atoms with Gasteiger partial charge in [0.25, 0.3) is 0 Å². The maximum atomic E-state index is 12.8. The molecule has 0 radical (unpaired) electrons. The van der Waals surface area contributed by atoms with Gasteiger partial charge >= 0.3 is 0 Å². The number of carbonyl (C=O) groups is 2. The molecule has 17 nitrogen and oxygen atoms in total. The second-order valence-corrected chi connectivity index (χ2v) is 20.8. The summed E-state index contributed by atoms with van der Waals surface area (Å²) in [6.45, 7) is 9.01. The van der Waals surface area contributed by atoms with Crippen LogP contribution in [0.5, 0.6) is 0 Å². The summed E-state index contributed by atoms with van der Waals surface area (Å²) in [6, 6.07) is 0. The van der Waals surface area contributed by atoms with Gasteiger partial charge < -0.3 is 72.7 Å². The summed E-state index contributed by atoms with van der Waals surface area (Å²) in [4.78, 5) is 27.8. The zero-order valence-electron chi connectivity index (χ0n) is 48.5. The van der Waals surface area contributed by atoms with Gasteiger partial charge in [-0.05, 0) is 83.6 Å². The monoisotopic (exact) mass is 1140 g/mol. The standard InChI is InChI=1S/C64H101N3O14/c1-46(50(5)68)28-20-16-12-11-13-17-21-29-47(2)63(81)49(4)61(79)38-23-19-15-10-8-6-7-9-14-18-22-37-60(78)48(3)62(80)45-59(77)44-56(74)35-26-34-55(73)43-58(76)42-54(72)33-25-32-52(70)40-51(69)30-24-31-53(71)41-57(75)36-27-39-67-64(65)66/h6-12,14-16,18-26,28-30,33,35,38,47-49,51-61,63,69-79,81H,13,17,27,31-32,34,36-37,39-45H2,1-5H3,(H4,65,66,67)/b7-6+,10-8+,12-11+,14-9+,19-15+,20-16+,22-18+,29-21+,30-24+,33-25+,35-26+,38-23+,46-28+. The van der Waals surface area contributed by atoms with Gasteiger partial charge in [0.15, 0.2) is 11.7 Å². The van der Waals surface area contributed by atoms with Crippen molar-refractivity contribution in [1.29, 1.82) is 0 Å². The number of guanidine groups is 1. The minimum atomic E-state index is -1.17. The zero-order valence-corrected chi connectivity index (χ0v) is 48.5. The molecule has 0 fully saturated rings. The second kappa shape index (κ2) is 47.3. The Morgan fingerprint density at radius 2 is 0.926 bits per heavy atom. The van der Waals surface area contributed by atoms with Crippen LogP contribution in [0.2, 0.25) is 0 Å². The number of Topliss-reactive ketones (excluding diaryl/α,β-unsaturated/α-hetero) is 2. The Hall–Kier alpha value is -5.25. The molecule has 0 aromatic heterocycles. The molecule has 0 amide bonds. The third-order valence-corrected chi connectivity index (χ3v) is 13.1. The maximum absolute atomic E-state index is 12.8. The van der Waals surface area contributed by atoms with Gasteiger partial charge in [0.2, 0.25) is 0 Å². The molecule has 0 aromatic rings. The SMILES string of the molecule is CC(=O)/C(C)=C/C=C/C=C/CC/C=C/C(C)C(O)C(C)C(O)/C=C/C=C/C=C/C=C/C=C/C=C/CC(O)C(C)C(=O)CC(O)CC(O)/C=C/CC(O)CC(O)CC(O)/C=C/CC(O)CC(O)/C=C/CC(O)CC(O)CCCN=C(N)N. The Kier molecular flexibility index (Phi) is 44.2. The normalized spacial score (nSPS) is 19.1. The van der Waals surface area contributed by atoms with Crippen molar-refractivity contribution in [3.05, 3.63) is 157 Å². The molecule has 0 aliphatic heterocycles. The molecule has 0 aliphatic carbocycles. The molecular weight excluding hydrogens is 1030 g/mol. The molecule has 0 heterocycles. The fraction of sp³-hybridized carbons (Fsp3) is 0.547. The average Bonchev–Trinajstić information content (AvgIpc) is 3.39. The fourth-order valence-electron chi connectivity index (χ4n) is 7.85. The molecule has 0 aromatic carbocycles. The van der Waals surface area contributed by atoms with Crippen molar-refractivity contribution in [2.24, 2.45) is 34.2 Å². The van der Waals surface area contributed by atoms with E-state index in [2.05, 4.69) is 4.99 Å². The van der Waals surface area contributed by atoms with E-state index in [0.717, 1.165) is 12.8 Å². The number of unbranched alkanes of at least 4 members (excludes halogenated alkanes) is 1. The number of allylic oxidation sites excluding steroid dienone is 17. The number of aliphatic imine (C=N–C) groups is 1. The Morgan fingerprint density at radius 3 is 1.47 bits per heavy atom. The van der Waals surface area contributed by atoms with Gasteiger partial charge in [-0.2, -0.15) is 0 Å². The van der Waals surface area contributed by atoms with E-state index < -0.39 is 79.2 Å². The summed E-state index contributed by atoms with van der Waals surface area (Å²) in [7, 11) is 0. The van der Waals surface area contributed by atoms with E-state index in [-0.39, 0.29) is 93.6 Å². The van der Waals surface area contributed by atoms with Crippen LogP contribution in [0.3, 0.4) is 0 Å². The molecule has 0 saturated heterocycles. The minimum Gasteiger partial charge on any atom is -0.393 e. The van der Waals surface area contributed by atoms with Gasteiger partial charge in [-0.25, -0.2) is 0 Å². The molecular formula is C64H101N3O14. The summed E-state index contributed by atoms with van der Waals surface area (Å²) in [5.41, 5.74) is 11.2. The van der Waals surface area contributed by atoms with Crippen LogP contribution >= 0.6 is 0 Å². The third-order valence-electron chi connectivity index (χ3n) is 13.1. The van der Waals surface area contributed by atoms with E-state index in [4.69, 9.17) is 11.5 Å². The Labute approximate surface area is 482 Å². The Morgan fingerprint density at radius 1 is 0.469 bits per heavy atom. The topological polar surface area (TPSA) is 341 Å². The number of ketones is 2. The van der Waals surface area contributed by atoms with Crippen LogP contribution in [0.1, 0.15) is 125 Å². The number of nitrogens with two attached hydrogens (primary N) is 2. The highest BCUT2D eigenvalue weighted by Gasteiger charge is 2.25. The lowest BCUT2D eigenvalue weighted by molar-refractivity contribution is -0.127. The number of rotatable bonds is 45. The molecule has 0 rings (SSSR count). The minimum absolute atomic E-state index is 0.00537. The molecule has 15 atom stereocenters. The first-order valence-electron chi connectivity index (χ1n) is 28.4. The smallest absolute Gasteiger partial charge is 0.185 e. The Balaban J connectivity index is 4.48. The summed E-state index contributed by atoms with van der Waals surface area (Å²) < 4.78 is 0. The van der Waals surface area contributed by atoms with Crippen LogP contribution in [-0.4, -0.2) is 159 Å². The number of carbonyl (C=O) groups excluding carboxylic acids is 2. The lowest BCUT2D eigenvalue weighted by atomic mass is 9.88. The van der Waals surface area contributed by atoms with Crippen LogP contribution in [0.4, 0.5) is 0 Å². The average molecular weight is 1140 g/mol. The van der Waals surface area contributed by atoms with E-state index in [9.17, 15) is 70.9 Å². The van der Waals surface area contributed by atoms with Crippen molar-refractivity contribution in [2.75, 3.05) is 6.54 Å². The first kappa shape index (κ1) is 75.8. The third kappa shape index (κ3) is 43.2. The number of nitrogens with zero attached hydrogens (tertiary/aromatic N) is 1. The predicted octanol–water partition coefficient (Wildman–Crippen LogP) is 5.74. The molecule has 15 unspecified atom stereocenters. The molecule has 0 saturated carbocycles. The van der Waals surface area contributed by atoms with Gasteiger partial charge in [-0.1, -0.05) is 173 Å². The van der Waals surface area contributed by atoms with Crippen molar-refractivity contribution in [2.45, 2.75) is 198 Å². The van der Waals surface area contributed by atoms with Gasteiger partial charge in [0, 0.05) is 50.0 Å². The first-order chi connectivity index (χ1) is 38.4. The van der Waals surface area contributed by atoms with Crippen LogP contribution < -0.4 is 11.5 Å². The highest BCUT2D eigenvalue weighted by molar-refractivity contribution is 5.92. The van der Waals surface area contributed by atoms with Crippen LogP contribution in [0.25, 0.3) is 0 Å². The van der Waals surface area contributed by atoms with E-state index in [0.29, 0.717) is 25.0 Å². The molecule has 17 heteroatoms. The summed E-state index contributed by atoms with van der Waals surface area (Å²) >= 11 is 0. The predicted molar refractivity (Wildman–Crippen MR) is 324 cm³/mol. The van der Waals surface area contributed by atoms with E-state index in [1.165, 1.54) is 37.3 Å². The van der Waals surface area contributed by atoms with E-state index >= 15 is 0 Å². The largest absolute Gasteiger partial charge is 0.393 e. The number of aliphatic hydroxyl groups is 12. The Bertz CT molecular complexity index is 2130. The lowest BCUT2D eigenvalue weighted by Crippen LogP contribution is -2.32. The van der Waals surface area contributed by atoms with Gasteiger partial charge in [0.05, 0.1) is 73.2 Å². The maximum Gasteiger partial charge on any atom is 0.185 e. The molecule has 0 spiro atoms. The molecule has 0 bridgehead atoms. The van der Waals surface area contributed by atoms with Crippen molar-refractivity contribution < 1.29 is 70.9 Å². The van der Waals surface area contributed by atoms with Crippen molar-refractivity contribution in [3.63, 3.8) is 0 Å². The molecule has 456 valence electrons. The fourth-order valence-corrected chi connectivity index (χ4v) is 7.85. The van der Waals surface area contributed by atoms with Crippen molar-refractivity contribution in [1.82, 2.24) is 0 Å². The highest BCUT2D eigenvalue weighted by Crippen LogP contribution is 2.20. The summed E-state index contributed by atoms with van der Waals surface area (Å²) in [5, 5.41) is 125. The quantitative estimate of drug-likeness (QED) is 0.00863.